The van der Waals surface area contributed by atoms with Crippen LogP contribution in [0.1, 0.15) is 5.56 Å². The minimum absolute atomic E-state index is 0.422. The summed E-state index contributed by atoms with van der Waals surface area (Å²) in [5.41, 5.74) is 4.29. The van der Waals surface area contributed by atoms with E-state index in [-0.39, 0.29) is 0 Å². The maximum Gasteiger partial charge on any atom is 0.0935 e. The number of hydrogen-bond donors (Lipinski definition) is 1. The quantitative estimate of drug-likeness (QED) is 0.525. The molecule has 0 unspecified atom stereocenters. The highest BCUT2D eigenvalue weighted by Gasteiger charge is 2.06. The second-order valence-corrected chi connectivity index (χ2v) is 5.83. The van der Waals surface area contributed by atoms with Crippen molar-refractivity contribution in [1.29, 1.82) is 0 Å². The van der Waals surface area contributed by atoms with Gasteiger partial charge in [0.2, 0.25) is 0 Å². The molecular weight excluding hydrogens is 370 g/mol. The van der Waals surface area contributed by atoms with Gasteiger partial charge in [0.15, 0.2) is 0 Å². The summed E-state index contributed by atoms with van der Waals surface area (Å²) in [6.07, 6.45) is 1.67. The highest BCUT2D eigenvalue weighted by molar-refractivity contribution is 9.10. The Labute approximate surface area is 134 Å². The largest absolute Gasteiger partial charge is 0.275 e. The fourth-order valence-corrected chi connectivity index (χ4v) is 2.54. The van der Waals surface area contributed by atoms with Gasteiger partial charge in [0, 0.05) is 9.50 Å². The molecule has 0 saturated heterocycles. The SMILES string of the molecule is Clc1cc(Cl)c(N/N=C/c2ccc(Br)cc2)c(Cl)c1. The smallest absolute Gasteiger partial charge is 0.0935 e. The van der Waals surface area contributed by atoms with E-state index in [1.807, 2.05) is 24.3 Å². The van der Waals surface area contributed by atoms with E-state index in [0.717, 1.165) is 10.0 Å². The highest BCUT2D eigenvalue weighted by atomic mass is 79.9. The third kappa shape index (κ3) is 4.11. The average molecular weight is 378 g/mol. The molecule has 0 amide bonds. The molecule has 6 heteroatoms. The molecule has 2 aromatic rings. The molecule has 2 rings (SSSR count). The van der Waals surface area contributed by atoms with Gasteiger partial charge in [-0.3, -0.25) is 5.43 Å². The van der Waals surface area contributed by atoms with Crippen molar-refractivity contribution in [3.8, 4) is 0 Å². The van der Waals surface area contributed by atoms with Crippen LogP contribution in [0.5, 0.6) is 0 Å². The molecule has 0 bridgehead atoms. The number of rotatable bonds is 3. The summed E-state index contributed by atoms with van der Waals surface area (Å²) in [5, 5.41) is 5.42. The molecular formula is C13H8BrCl3N2. The molecule has 1 N–H and O–H groups in total. The summed E-state index contributed by atoms with van der Waals surface area (Å²) in [7, 11) is 0. The average Bonchev–Trinajstić information content (AvgIpc) is 2.34. The second-order valence-electron chi connectivity index (χ2n) is 3.67. The van der Waals surface area contributed by atoms with E-state index in [4.69, 9.17) is 34.8 Å². The maximum atomic E-state index is 6.03. The van der Waals surface area contributed by atoms with E-state index in [1.165, 1.54) is 0 Å². The fourth-order valence-electron chi connectivity index (χ4n) is 1.37. The fraction of sp³-hybridized carbons (Fsp3) is 0. The van der Waals surface area contributed by atoms with Crippen LogP contribution in [0, 0.1) is 0 Å². The molecule has 0 heterocycles. The Hall–Kier alpha value is -0.740. The minimum atomic E-state index is 0.422. The van der Waals surface area contributed by atoms with Crippen molar-refractivity contribution in [2.75, 3.05) is 5.43 Å². The number of hydrazone groups is 1. The van der Waals surface area contributed by atoms with Gasteiger partial charge in [-0.05, 0) is 29.8 Å². The lowest BCUT2D eigenvalue weighted by molar-refractivity contribution is 1.35. The Morgan fingerprint density at radius 2 is 1.58 bits per heavy atom. The molecule has 98 valence electrons. The van der Waals surface area contributed by atoms with Crippen LogP contribution in [-0.4, -0.2) is 6.21 Å². The first-order chi connectivity index (χ1) is 9.06. The molecule has 0 aromatic heterocycles. The molecule has 19 heavy (non-hydrogen) atoms. The zero-order valence-electron chi connectivity index (χ0n) is 9.50. The number of benzene rings is 2. The lowest BCUT2D eigenvalue weighted by atomic mass is 10.2. The molecule has 2 nitrogen and oxygen atoms in total. The number of nitrogens with zero attached hydrogens (tertiary/aromatic N) is 1. The summed E-state index contributed by atoms with van der Waals surface area (Å²) in [6, 6.07) is 10.9. The van der Waals surface area contributed by atoms with Crippen LogP contribution in [-0.2, 0) is 0 Å². The van der Waals surface area contributed by atoms with Gasteiger partial charge in [-0.15, -0.1) is 0 Å². The van der Waals surface area contributed by atoms with Gasteiger partial charge < -0.3 is 0 Å². The van der Waals surface area contributed by atoms with Crippen LogP contribution >= 0.6 is 50.7 Å². The first kappa shape index (κ1) is 14.7. The van der Waals surface area contributed by atoms with Crippen molar-refractivity contribution in [3.63, 3.8) is 0 Å². The van der Waals surface area contributed by atoms with Gasteiger partial charge >= 0.3 is 0 Å². The summed E-state index contributed by atoms with van der Waals surface area (Å²) in [5.74, 6) is 0. The van der Waals surface area contributed by atoms with E-state index >= 15 is 0 Å². The standard InChI is InChI=1S/C13H8BrCl3N2/c14-9-3-1-8(2-4-9)7-18-19-13-11(16)5-10(15)6-12(13)17/h1-7,19H/b18-7+. The van der Waals surface area contributed by atoms with E-state index in [0.29, 0.717) is 20.8 Å². The predicted molar refractivity (Wildman–Crippen MR) is 86.8 cm³/mol. The number of anilines is 1. The van der Waals surface area contributed by atoms with Crippen molar-refractivity contribution < 1.29 is 0 Å². The highest BCUT2D eigenvalue weighted by Crippen LogP contribution is 2.33. The van der Waals surface area contributed by atoms with E-state index in [1.54, 1.807) is 18.3 Å². The first-order valence-corrected chi connectivity index (χ1v) is 7.18. The Morgan fingerprint density at radius 3 is 2.16 bits per heavy atom. The molecule has 0 aliphatic heterocycles. The lowest BCUT2D eigenvalue weighted by Crippen LogP contribution is -1.92. The zero-order valence-corrected chi connectivity index (χ0v) is 13.4. The summed E-state index contributed by atoms with van der Waals surface area (Å²) in [6.45, 7) is 0. The monoisotopic (exact) mass is 376 g/mol. The Morgan fingerprint density at radius 1 is 1.00 bits per heavy atom. The van der Waals surface area contributed by atoms with Crippen LogP contribution < -0.4 is 5.43 Å². The van der Waals surface area contributed by atoms with Gasteiger partial charge in [0.05, 0.1) is 21.9 Å². The lowest BCUT2D eigenvalue weighted by Gasteiger charge is -2.06. The van der Waals surface area contributed by atoms with E-state index < -0.39 is 0 Å². The van der Waals surface area contributed by atoms with E-state index in [9.17, 15) is 0 Å². The Balaban J connectivity index is 2.12. The predicted octanol–water partition coefficient (Wildman–Crippen LogP) is 5.86. The van der Waals surface area contributed by atoms with Gasteiger partial charge in [-0.2, -0.15) is 5.10 Å². The van der Waals surface area contributed by atoms with E-state index in [2.05, 4.69) is 26.5 Å². The van der Waals surface area contributed by atoms with Crippen molar-refractivity contribution in [2.45, 2.75) is 0 Å². The third-order valence-corrected chi connectivity index (χ3v) is 3.61. The van der Waals surface area contributed by atoms with Crippen LogP contribution in [0.25, 0.3) is 0 Å². The number of halogens is 4. The summed E-state index contributed by atoms with van der Waals surface area (Å²) in [4.78, 5) is 0. The second kappa shape index (κ2) is 6.62. The molecule has 0 spiro atoms. The van der Waals surface area contributed by atoms with Crippen LogP contribution in [0.2, 0.25) is 15.1 Å². The summed E-state index contributed by atoms with van der Waals surface area (Å²) >= 11 is 21.2. The molecule has 0 atom stereocenters. The number of nitrogens with one attached hydrogen (secondary N) is 1. The molecule has 0 saturated carbocycles. The first-order valence-electron chi connectivity index (χ1n) is 5.25. The summed E-state index contributed by atoms with van der Waals surface area (Å²) < 4.78 is 1.02. The zero-order chi connectivity index (χ0) is 13.8. The molecule has 0 fully saturated rings. The Bertz CT molecular complexity index is 589. The molecule has 2 aromatic carbocycles. The molecule has 0 aliphatic rings. The van der Waals surface area contributed by atoms with Crippen molar-refractivity contribution in [1.82, 2.24) is 0 Å². The molecule has 0 aliphatic carbocycles. The van der Waals surface area contributed by atoms with Crippen molar-refractivity contribution >= 4 is 62.6 Å². The topological polar surface area (TPSA) is 24.4 Å². The van der Waals surface area contributed by atoms with Crippen LogP contribution in [0.15, 0.2) is 46.0 Å². The van der Waals surface area contributed by atoms with Crippen molar-refractivity contribution in [2.24, 2.45) is 5.10 Å². The molecule has 0 radical (unpaired) electrons. The maximum absolute atomic E-state index is 6.03. The third-order valence-electron chi connectivity index (χ3n) is 2.27. The number of hydrogen-bond acceptors (Lipinski definition) is 2. The van der Waals surface area contributed by atoms with Gasteiger partial charge in [0.1, 0.15) is 0 Å². The van der Waals surface area contributed by atoms with Crippen LogP contribution in [0.4, 0.5) is 5.69 Å². The Kier molecular flexibility index (Phi) is 5.11. The van der Waals surface area contributed by atoms with Gasteiger partial charge in [-0.25, -0.2) is 0 Å². The van der Waals surface area contributed by atoms with Crippen molar-refractivity contribution in [3.05, 3.63) is 61.5 Å². The van der Waals surface area contributed by atoms with Gasteiger partial charge in [0.25, 0.3) is 0 Å². The van der Waals surface area contributed by atoms with Gasteiger partial charge in [-0.1, -0.05) is 62.9 Å². The minimum Gasteiger partial charge on any atom is -0.275 e. The normalized spacial score (nSPS) is 10.9. The van der Waals surface area contributed by atoms with Crippen LogP contribution in [0.3, 0.4) is 0 Å².